The number of unbranched alkanes of at least 4 members (excludes halogenated alkanes) is 1. The van der Waals surface area contributed by atoms with Gasteiger partial charge in [0.2, 0.25) is 0 Å². The van der Waals surface area contributed by atoms with Crippen LogP contribution in [0.3, 0.4) is 0 Å². The summed E-state index contributed by atoms with van der Waals surface area (Å²) < 4.78 is 4.54. The van der Waals surface area contributed by atoms with Gasteiger partial charge in [-0.1, -0.05) is 25.5 Å². The lowest BCUT2D eigenvalue weighted by molar-refractivity contribution is -0.146. The average molecular weight is 312 g/mol. The molecule has 0 fully saturated rings. The summed E-state index contributed by atoms with van der Waals surface area (Å²) in [5.74, 6) is -2.97. The van der Waals surface area contributed by atoms with Crippen LogP contribution in [0.25, 0.3) is 0 Å². The van der Waals surface area contributed by atoms with Crippen molar-refractivity contribution >= 4 is 17.9 Å². The summed E-state index contributed by atoms with van der Waals surface area (Å²) in [4.78, 5) is 31.5. The van der Waals surface area contributed by atoms with Crippen LogP contribution in [0.5, 0.6) is 0 Å². The van der Waals surface area contributed by atoms with Crippen LogP contribution in [-0.4, -0.2) is 46.4 Å². The van der Waals surface area contributed by atoms with Gasteiger partial charge < -0.3 is 20.1 Å². The molecule has 0 heterocycles. The maximum atomic E-state index is 10.7. The molecule has 7 heteroatoms. The Hall–Kier alpha value is -2.41. The van der Waals surface area contributed by atoms with Crippen LogP contribution >= 0.6 is 0 Å². The highest BCUT2D eigenvalue weighted by Crippen LogP contribution is 2.13. The normalized spacial score (nSPS) is 9.41. The summed E-state index contributed by atoms with van der Waals surface area (Å²) in [6.45, 7) is 3.49. The Morgan fingerprint density at radius 3 is 2.18 bits per heavy atom. The first kappa shape index (κ1) is 19.6. The number of carbonyl (C=O) groups is 3. The first-order chi connectivity index (χ1) is 10.3. The summed E-state index contributed by atoms with van der Waals surface area (Å²) in [5.41, 5.74) is 0.134. The number of ether oxygens (including phenoxy) is 1. The third kappa shape index (κ3) is 6.85. The molecule has 0 aliphatic rings. The number of hydrogen-bond acceptors (Lipinski definition) is 5. The van der Waals surface area contributed by atoms with E-state index in [1.54, 1.807) is 13.0 Å². The Morgan fingerprint density at radius 2 is 1.77 bits per heavy atom. The standard InChI is InChI=1S/C9H8O4.C6H12O3/c1-5-3-2-4-6(8(10)11)7(5)9(12)13;1-2-3-4-9-6(8)5-7/h2-4H,1H3,(H,10,11)(H,12,13);7H,2-5H2,1H3. The van der Waals surface area contributed by atoms with E-state index in [4.69, 9.17) is 15.3 Å². The number of aliphatic hydroxyl groups excluding tert-OH is 1. The van der Waals surface area contributed by atoms with E-state index < -0.39 is 24.5 Å². The van der Waals surface area contributed by atoms with Crippen LogP contribution in [0.1, 0.15) is 46.0 Å². The second-order valence-electron chi connectivity index (χ2n) is 4.34. The van der Waals surface area contributed by atoms with Crippen molar-refractivity contribution < 1.29 is 34.4 Å². The van der Waals surface area contributed by atoms with Crippen LogP contribution in [0, 0.1) is 6.92 Å². The quantitative estimate of drug-likeness (QED) is 0.540. The molecule has 1 aromatic carbocycles. The molecule has 0 bridgehead atoms. The minimum Gasteiger partial charge on any atom is -0.478 e. The van der Waals surface area contributed by atoms with Gasteiger partial charge in [-0.2, -0.15) is 0 Å². The molecule has 0 saturated heterocycles. The number of rotatable bonds is 6. The number of aryl methyl sites for hydroxylation is 1. The molecule has 0 saturated carbocycles. The van der Waals surface area contributed by atoms with Gasteiger partial charge in [0.05, 0.1) is 17.7 Å². The molecule has 0 aliphatic carbocycles. The zero-order valence-electron chi connectivity index (χ0n) is 12.5. The fourth-order valence-corrected chi connectivity index (χ4v) is 1.51. The van der Waals surface area contributed by atoms with Crippen LogP contribution < -0.4 is 0 Å². The number of carbonyl (C=O) groups excluding carboxylic acids is 1. The molecule has 122 valence electrons. The van der Waals surface area contributed by atoms with Crippen molar-refractivity contribution in [1.82, 2.24) is 0 Å². The fourth-order valence-electron chi connectivity index (χ4n) is 1.51. The lowest BCUT2D eigenvalue weighted by Crippen LogP contribution is -2.09. The summed E-state index contributed by atoms with van der Waals surface area (Å²) in [6, 6.07) is 4.36. The number of aliphatic hydroxyl groups is 1. The second-order valence-corrected chi connectivity index (χ2v) is 4.34. The molecule has 22 heavy (non-hydrogen) atoms. The van der Waals surface area contributed by atoms with Crippen molar-refractivity contribution in [2.24, 2.45) is 0 Å². The van der Waals surface area contributed by atoms with Gasteiger partial charge >= 0.3 is 17.9 Å². The minimum absolute atomic E-state index is 0.144. The van der Waals surface area contributed by atoms with Crippen molar-refractivity contribution in [3.63, 3.8) is 0 Å². The summed E-state index contributed by atoms with van der Waals surface area (Å²) >= 11 is 0. The lowest BCUT2D eigenvalue weighted by Gasteiger charge is -2.03. The Labute approximate surface area is 128 Å². The zero-order chi connectivity index (χ0) is 17.1. The molecule has 3 N–H and O–H groups in total. The van der Waals surface area contributed by atoms with Crippen LogP contribution in [0.4, 0.5) is 0 Å². The van der Waals surface area contributed by atoms with E-state index in [0.717, 1.165) is 12.8 Å². The second kappa shape index (κ2) is 10.3. The highest BCUT2D eigenvalue weighted by molar-refractivity contribution is 6.02. The molecule has 0 unspecified atom stereocenters. The van der Waals surface area contributed by atoms with E-state index in [1.807, 2.05) is 6.92 Å². The fraction of sp³-hybridized carbons (Fsp3) is 0.400. The van der Waals surface area contributed by atoms with Crippen molar-refractivity contribution in [2.45, 2.75) is 26.7 Å². The first-order valence-electron chi connectivity index (χ1n) is 6.67. The third-order valence-electron chi connectivity index (χ3n) is 2.61. The summed E-state index contributed by atoms with van der Waals surface area (Å²) in [5, 5.41) is 25.6. The SMILES string of the molecule is CCCCOC(=O)CO.Cc1cccc(C(=O)O)c1C(=O)O. The molecular formula is C15H20O7. The highest BCUT2D eigenvalue weighted by atomic mass is 16.5. The number of esters is 1. The minimum atomic E-state index is -1.22. The van der Waals surface area contributed by atoms with Gasteiger partial charge in [-0.15, -0.1) is 0 Å². The van der Waals surface area contributed by atoms with Gasteiger partial charge in [0.1, 0.15) is 6.61 Å². The molecule has 0 radical (unpaired) electrons. The van der Waals surface area contributed by atoms with E-state index in [1.165, 1.54) is 12.1 Å². The Balaban J connectivity index is 0.000000433. The van der Waals surface area contributed by atoms with E-state index in [9.17, 15) is 14.4 Å². The number of hydrogen-bond donors (Lipinski definition) is 3. The first-order valence-corrected chi connectivity index (χ1v) is 6.67. The van der Waals surface area contributed by atoms with E-state index in [-0.39, 0.29) is 11.1 Å². The number of aromatic carboxylic acids is 2. The molecule has 0 amide bonds. The topological polar surface area (TPSA) is 121 Å². The maximum absolute atomic E-state index is 10.7. The molecular weight excluding hydrogens is 292 g/mol. The van der Waals surface area contributed by atoms with Crippen LogP contribution in [-0.2, 0) is 9.53 Å². The number of carboxylic acids is 2. The van der Waals surface area contributed by atoms with E-state index in [0.29, 0.717) is 12.2 Å². The van der Waals surface area contributed by atoms with Crippen molar-refractivity contribution in [3.8, 4) is 0 Å². The Kier molecular flexibility index (Phi) is 9.20. The lowest BCUT2D eigenvalue weighted by atomic mass is 10.0. The average Bonchev–Trinajstić information content (AvgIpc) is 2.47. The van der Waals surface area contributed by atoms with E-state index in [2.05, 4.69) is 4.74 Å². The highest BCUT2D eigenvalue weighted by Gasteiger charge is 2.17. The van der Waals surface area contributed by atoms with Gasteiger partial charge in [0.15, 0.2) is 0 Å². The van der Waals surface area contributed by atoms with Gasteiger partial charge in [-0.05, 0) is 25.0 Å². The zero-order valence-corrected chi connectivity index (χ0v) is 12.5. The van der Waals surface area contributed by atoms with Gasteiger partial charge in [0, 0.05) is 0 Å². The molecule has 0 atom stereocenters. The number of benzene rings is 1. The third-order valence-corrected chi connectivity index (χ3v) is 2.61. The molecule has 0 aromatic heterocycles. The van der Waals surface area contributed by atoms with Crippen molar-refractivity contribution in [1.29, 1.82) is 0 Å². The van der Waals surface area contributed by atoms with Gasteiger partial charge in [0.25, 0.3) is 0 Å². The smallest absolute Gasteiger partial charge is 0.336 e. The van der Waals surface area contributed by atoms with Gasteiger partial charge in [-0.25, -0.2) is 14.4 Å². The van der Waals surface area contributed by atoms with Gasteiger partial charge in [-0.3, -0.25) is 0 Å². The molecule has 0 spiro atoms. The number of carboxylic acid groups (broad SMARTS) is 2. The predicted molar refractivity (Wildman–Crippen MR) is 78.1 cm³/mol. The van der Waals surface area contributed by atoms with Crippen LogP contribution in [0.15, 0.2) is 18.2 Å². The monoisotopic (exact) mass is 312 g/mol. The summed E-state index contributed by atoms with van der Waals surface area (Å²) in [6.07, 6.45) is 1.87. The van der Waals surface area contributed by atoms with Crippen molar-refractivity contribution in [2.75, 3.05) is 13.2 Å². The van der Waals surface area contributed by atoms with Crippen molar-refractivity contribution in [3.05, 3.63) is 34.9 Å². The predicted octanol–water partition coefficient (Wildman–Crippen LogP) is 1.71. The molecule has 1 aromatic rings. The van der Waals surface area contributed by atoms with E-state index >= 15 is 0 Å². The van der Waals surface area contributed by atoms with Crippen LogP contribution in [0.2, 0.25) is 0 Å². The Bertz CT molecular complexity index is 523. The maximum Gasteiger partial charge on any atom is 0.336 e. The largest absolute Gasteiger partial charge is 0.478 e. The molecule has 7 nitrogen and oxygen atoms in total. The molecule has 0 aliphatic heterocycles. The molecule has 1 rings (SSSR count). The summed E-state index contributed by atoms with van der Waals surface area (Å²) in [7, 11) is 0. The Morgan fingerprint density at radius 1 is 1.14 bits per heavy atom.